The number of azide groups is 1. The van der Waals surface area contributed by atoms with Gasteiger partial charge in [-0.1, -0.05) is 36.8 Å². The van der Waals surface area contributed by atoms with E-state index in [9.17, 15) is 5.11 Å². The Labute approximate surface area is 106 Å². The van der Waals surface area contributed by atoms with Crippen molar-refractivity contribution < 1.29 is 9.84 Å². The Morgan fingerprint density at radius 2 is 2.39 bits per heavy atom. The Bertz CT molecular complexity index is 455. The number of aliphatic hydroxyl groups is 1. The smallest absolute Gasteiger partial charge is 0.120 e. The molecule has 5 heteroatoms. The third-order valence-electron chi connectivity index (χ3n) is 2.72. The first kappa shape index (κ1) is 14.1. The minimum atomic E-state index is -1.15. The van der Waals surface area contributed by atoms with Crippen molar-refractivity contribution in [2.75, 3.05) is 13.2 Å². The molecule has 18 heavy (non-hydrogen) atoms. The molecule has 0 aliphatic rings. The standard InChI is InChI=1S/C13H17N3O2/c1-3-8-18-12-7-5-6-11(9-12)13(17,4-2)10-15-16-14/h3,5-7,9,17H,1,4,8,10H2,2H3/t13-/m1/s1. The van der Waals surface area contributed by atoms with E-state index in [2.05, 4.69) is 16.6 Å². The van der Waals surface area contributed by atoms with Gasteiger partial charge in [0.25, 0.3) is 0 Å². The first-order valence-electron chi connectivity index (χ1n) is 5.73. The summed E-state index contributed by atoms with van der Waals surface area (Å²) in [7, 11) is 0. The van der Waals surface area contributed by atoms with Crippen LogP contribution in [0.1, 0.15) is 18.9 Å². The molecule has 0 spiro atoms. The van der Waals surface area contributed by atoms with Crippen LogP contribution in [0.5, 0.6) is 5.75 Å². The van der Waals surface area contributed by atoms with Gasteiger partial charge in [0.15, 0.2) is 0 Å². The van der Waals surface area contributed by atoms with Gasteiger partial charge in [-0.05, 0) is 29.6 Å². The van der Waals surface area contributed by atoms with Crippen molar-refractivity contribution in [1.29, 1.82) is 0 Å². The Kier molecular flexibility index (Phi) is 5.24. The molecule has 0 saturated heterocycles. The van der Waals surface area contributed by atoms with Gasteiger partial charge in [0.2, 0.25) is 0 Å². The quantitative estimate of drug-likeness (QED) is 0.347. The summed E-state index contributed by atoms with van der Waals surface area (Å²) in [6, 6.07) is 7.14. The number of benzene rings is 1. The summed E-state index contributed by atoms with van der Waals surface area (Å²) in [5.41, 5.74) is 7.88. The zero-order valence-corrected chi connectivity index (χ0v) is 10.4. The molecule has 0 aromatic heterocycles. The predicted molar refractivity (Wildman–Crippen MR) is 70.3 cm³/mol. The molecule has 1 aromatic carbocycles. The Hall–Kier alpha value is -1.97. The zero-order valence-electron chi connectivity index (χ0n) is 10.4. The van der Waals surface area contributed by atoms with E-state index in [-0.39, 0.29) is 6.54 Å². The third kappa shape index (κ3) is 3.52. The number of hydrogen-bond acceptors (Lipinski definition) is 3. The van der Waals surface area contributed by atoms with E-state index in [0.717, 1.165) is 0 Å². The highest BCUT2D eigenvalue weighted by atomic mass is 16.5. The van der Waals surface area contributed by atoms with Gasteiger partial charge in [-0.3, -0.25) is 0 Å². The molecule has 0 fully saturated rings. The molecule has 0 heterocycles. The van der Waals surface area contributed by atoms with Crippen LogP contribution in [0.25, 0.3) is 10.4 Å². The lowest BCUT2D eigenvalue weighted by Gasteiger charge is -2.25. The normalized spacial score (nSPS) is 13.2. The summed E-state index contributed by atoms with van der Waals surface area (Å²) in [6.45, 7) is 5.82. The Morgan fingerprint density at radius 3 is 3.00 bits per heavy atom. The van der Waals surface area contributed by atoms with Gasteiger partial charge in [0, 0.05) is 4.91 Å². The molecule has 0 unspecified atom stereocenters. The SMILES string of the molecule is C=CCOc1cccc([C@@](O)(CC)CN=[N+]=[N-])c1. The minimum Gasteiger partial charge on any atom is -0.490 e. The maximum Gasteiger partial charge on any atom is 0.120 e. The average molecular weight is 247 g/mol. The summed E-state index contributed by atoms with van der Waals surface area (Å²) in [5, 5.41) is 13.9. The van der Waals surface area contributed by atoms with Crippen LogP contribution in [0.3, 0.4) is 0 Å². The maximum atomic E-state index is 10.4. The molecule has 0 aliphatic heterocycles. The maximum absolute atomic E-state index is 10.4. The van der Waals surface area contributed by atoms with E-state index in [0.29, 0.717) is 24.3 Å². The number of hydrogen-bond donors (Lipinski definition) is 1. The predicted octanol–water partition coefficient (Wildman–Crippen LogP) is 3.16. The fourth-order valence-corrected chi connectivity index (χ4v) is 1.59. The molecule has 1 N–H and O–H groups in total. The first-order chi connectivity index (χ1) is 8.66. The zero-order chi connectivity index (χ0) is 13.4. The topological polar surface area (TPSA) is 78.2 Å². The van der Waals surface area contributed by atoms with Crippen molar-refractivity contribution in [2.24, 2.45) is 5.11 Å². The second-order valence-electron chi connectivity index (χ2n) is 3.90. The molecule has 1 aromatic rings. The second kappa shape index (κ2) is 6.69. The van der Waals surface area contributed by atoms with Crippen molar-refractivity contribution in [3.8, 4) is 5.75 Å². The summed E-state index contributed by atoms with van der Waals surface area (Å²) in [4.78, 5) is 2.69. The number of rotatable bonds is 7. The van der Waals surface area contributed by atoms with Crippen LogP contribution >= 0.6 is 0 Å². The average Bonchev–Trinajstić information content (AvgIpc) is 2.42. The summed E-state index contributed by atoms with van der Waals surface area (Å²) in [5.74, 6) is 0.653. The summed E-state index contributed by atoms with van der Waals surface area (Å²) >= 11 is 0. The molecular weight excluding hydrogens is 230 g/mol. The third-order valence-corrected chi connectivity index (χ3v) is 2.72. The van der Waals surface area contributed by atoms with Gasteiger partial charge in [-0.25, -0.2) is 0 Å². The lowest BCUT2D eigenvalue weighted by Crippen LogP contribution is -2.28. The first-order valence-corrected chi connectivity index (χ1v) is 5.73. The van der Waals surface area contributed by atoms with Crippen molar-refractivity contribution in [2.45, 2.75) is 18.9 Å². The minimum absolute atomic E-state index is 0.00487. The van der Waals surface area contributed by atoms with Crippen LogP contribution < -0.4 is 4.74 Å². The highest BCUT2D eigenvalue weighted by Gasteiger charge is 2.26. The second-order valence-corrected chi connectivity index (χ2v) is 3.90. The molecule has 0 amide bonds. The monoisotopic (exact) mass is 247 g/mol. The number of nitrogens with zero attached hydrogens (tertiary/aromatic N) is 3. The van der Waals surface area contributed by atoms with E-state index in [4.69, 9.17) is 10.3 Å². The van der Waals surface area contributed by atoms with Crippen LogP contribution in [0, 0.1) is 0 Å². The van der Waals surface area contributed by atoms with Gasteiger partial charge < -0.3 is 9.84 Å². The van der Waals surface area contributed by atoms with Crippen LogP contribution in [0.15, 0.2) is 42.0 Å². The van der Waals surface area contributed by atoms with Gasteiger partial charge in [-0.15, -0.1) is 0 Å². The van der Waals surface area contributed by atoms with E-state index < -0.39 is 5.60 Å². The van der Waals surface area contributed by atoms with Crippen LogP contribution in [0.4, 0.5) is 0 Å². The highest BCUT2D eigenvalue weighted by Crippen LogP contribution is 2.28. The van der Waals surface area contributed by atoms with E-state index in [1.54, 1.807) is 30.3 Å². The van der Waals surface area contributed by atoms with Crippen LogP contribution in [-0.4, -0.2) is 18.3 Å². The van der Waals surface area contributed by atoms with Gasteiger partial charge in [-0.2, -0.15) is 0 Å². The van der Waals surface area contributed by atoms with Crippen molar-refractivity contribution in [1.82, 2.24) is 0 Å². The summed E-state index contributed by atoms with van der Waals surface area (Å²) in [6.07, 6.45) is 2.11. The van der Waals surface area contributed by atoms with Gasteiger partial charge in [0.05, 0.1) is 12.1 Å². The fraction of sp³-hybridized carbons (Fsp3) is 0.385. The Morgan fingerprint density at radius 1 is 1.61 bits per heavy atom. The molecule has 1 atom stereocenters. The lowest BCUT2D eigenvalue weighted by molar-refractivity contribution is 0.0417. The van der Waals surface area contributed by atoms with Gasteiger partial charge >= 0.3 is 0 Å². The Balaban J connectivity index is 2.97. The van der Waals surface area contributed by atoms with E-state index in [1.807, 2.05) is 6.92 Å². The molecule has 96 valence electrons. The molecule has 5 nitrogen and oxygen atoms in total. The van der Waals surface area contributed by atoms with E-state index >= 15 is 0 Å². The van der Waals surface area contributed by atoms with E-state index in [1.165, 1.54) is 0 Å². The molecule has 0 aliphatic carbocycles. The van der Waals surface area contributed by atoms with Crippen molar-refractivity contribution in [3.63, 3.8) is 0 Å². The fourth-order valence-electron chi connectivity index (χ4n) is 1.59. The van der Waals surface area contributed by atoms with Gasteiger partial charge in [0.1, 0.15) is 12.4 Å². The van der Waals surface area contributed by atoms with Crippen molar-refractivity contribution in [3.05, 3.63) is 52.9 Å². The molecule has 0 radical (unpaired) electrons. The number of ether oxygens (including phenoxy) is 1. The summed E-state index contributed by atoms with van der Waals surface area (Å²) < 4.78 is 5.41. The molecule has 1 rings (SSSR count). The lowest BCUT2D eigenvalue weighted by atomic mass is 9.91. The molecule has 0 saturated carbocycles. The van der Waals surface area contributed by atoms with Crippen LogP contribution in [-0.2, 0) is 5.60 Å². The van der Waals surface area contributed by atoms with Crippen LogP contribution in [0.2, 0.25) is 0 Å². The molecular formula is C13H17N3O2. The van der Waals surface area contributed by atoms with Crippen molar-refractivity contribution >= 4 is 0 Å². The highest BCUT2D eigenvalue weighted by molar-refractivity contribution is 5.32. The molecule has 0 bridgehead atoms. The largest absolute Gasteiger partial charge is 0.490 e.